The van der Waals surface area contributed by atoms with Crippen molar-refractivity contribution in [1.29, 1.82) is 0 Å². The first-order valence-corrected chi connectivity index (χ1v) is 7.85. The molecule has 2 atom stereocenters. The molecular formula is C10H14Cl2O2S2. The van der Waals surface area contributed by atoms with Gasteiger partial charge in [-0.05, 0) is 6.42 Å². The van der Waals surface area contributed by atoms with Crippen LogP contribution in [0.2, 0.25) is 8.67 Å². The molecule has 6 heteroatoms. The van der Waals surface area contributed by atoms with Crippen LogP contribution in [0.25, 0.3) is 0 Å². The molecule has 0 aromatic carbocycles. The molecule has 2 unspecified atom stereocenters. The van der Waals surface area contributed by atoms with E-state index in [0.717, 1.165) is 24.2 Å². The topological polar surface area (TPSA) is 37.3 Å². The number of aliphatic hydroxyl groups excluding tert-OH is 1. The van der Waals surface area contributed by atoms with Crippen LogP contribution in [0.4, 0.5) is 0 Å². The number of rotatable bonds is 6. The van der Waals surface area contributed by atoms with E-state index in [-0.39, 0.29) is 6.61 Å². The average Bonchev–Trinajstić information content (AvgIpc) is 2.59. The van der Waals surface area contributed by atoms with Crippen LogP contribution in [0.15, 0.2) is 0 Å². The maximum Gasteiger partial charge on any atom is 0.100 e. The molecule has 0 fully saturated rings. The van der Waals surface area contributed by atoms with Crippen molar-refractivity contribution < 1.29 is 10.7 Å². The third-order valence-electron chi connectivity index (χ3n) is 2.06. The Kier molecular flexibility index (Phi) is 5.59. The SMILES string of the molecule is [2H]C(c1c(Cl)sc(Cl)c1CO)S(=O)CCCC. The zero-order valence-corrected chi connectivity index (χ0v) is 12.0. The summed E-state index contributed by atoms with van der Waals surface area (Å²) in [6, 6.07) is 0. The summed E-state index contributed by atoms with van der Waals surface area (Å²) in [5.41, 5.74) is -0.0786. The number of unbranched alkanes of at least 4 members (excludes halogenated alkanes) is 1. The van der Waals surface area contributed by atoms with Crippen molar-refractivity contribution in [3.63, 3.8) is 0 Å². The molecule has 0 bridgehead atoms. The molecule has 16 heavy (non-hydrogen) atoms. The lowest BCUT2D eigenvalue weighted by molar-refractivity contribution is 0.281. The zero-order valence-electron chi connectivity index (χ0n) is 9.83. The first-order valence-electron chi connectivity index (χ1n) is 5.47. The van der Waals surface area contributed by atoms with Gasteiger partial charge in [-0.3, -0.25) is 4.21 Å². The standard InChI is InChI=1S/C10H14Cl2O2S2/c1-2-3-4-16(14)6-8-7(5-13)9(11)15-10(8)12/h13H,2-6H2,1H3/i6D. The third-order valence-corrected chi connectivity index (χ3v) is 4.97. The minimum Gasteiger partial charge on any atom is -0.392 e. The van der Waals surface area contributed by atoms with Crippen LogP contribution in [0.5, 0.6) is 0 Å². The third kappa shape index (κ3) is 3.70. The molecule has 1 aromatic heterocycles. The molecule has 0 radical (unpaired) electrons. The second kappa shape index (κ2) is 6.97. The highest BCUT2D eigenvalue weighted by atomic mass is 35.5. The molecule has 1 heterocycles. The van der Waals surface area contributed by atoms with E-state index in [1.165, 1.54) is 0 Å². The summed E-state index contributed by atoms with van der Waals surface area (Å²) >= 11 is 13.0. The van der Waals surface area contributed by atoms with Crippen LogP contribution in [0, 0.1) is 0 Å². The van der Waals surface area contributed by atoms with E-state index in [1.807, 2.05) is 6.92 Å². The van der Waals surface area contributed by atoms with E-state index >= 15 is 0 Å². The van der Waals surface area contributed by atoms with Crippen LogP contribution in [0.3, 0.4) is 0 Å². The zero-order chi connectivity index (χ0) is 13.0. The lowest BCUT2D eigenvalue weighted by Gasteiger charge is -2.03. The van der Waals surface area contributed by atoms with E-state index in [2.05, 4.69) is 0 Å². The van der Waals surface area contributed by atoms with Crippen LogP contribution >= 0.6 is 34.5 Å². The Bertz CT molecular complexity index is 409. The fraction of sp³-hybridized carbons (Fsp3) is 0.600. The van der Waals surface area contributed by atoms with Crippen LogP contribution in [-0.4, -0.2) is 15.1 Å². The number of hydrogen-bond donors (Lipinski definition) is 1. The molecule has 0 aliphatic carbocycles. The van der Waals surface area contributed by atoms with Gasteiger partial charge in [0.25, 0.3) is 0 Å². The van der Waals surface area contributed by atoms with Gasteiger partial charge in [0.05, 0.1) is 16.7 Å². The van der Waals surface area contributed by atoms with E-state index in [0.29, 0.717) is 25.6 Å². The van der Waals surface area contributed by atoms with Crippen LogP contribution in [-0.2, 0) is 23.1 Å². The van der Waals surface area contributed by atoms with Crippen molar-refractivity contribution in [2.24, 2.45) is 0 Å². The van der Waals surface area contributed by atoms with Gasteiger partial charge in [-0.25, -0.2) is 0 Å². The van der Waals surface area contributed by atoms with Crippen molar-refractivity contribution in [2.75, 3.05) is 5.75 Å². The Morgan fingerprint density at radius 1 is 1.44 bits per heavy atom. The number of halogens is 2. The Morgan fingerprint density at radius 2 is 2.06 bits per heavy atom. The van der Waals surface area contributed by atoms with Gasteiger partial charge >= 0.3 is 0 Å². The minimum atomic E-state index is -1.31. The summed E-state index contributed by atoms with van der Waals surface area (Å²) in [5, 5.41) is 9.20. The van der Waals surface area contributed by atoms with Gasteiger partial charge in [0.15, 0.2) is 0 Å². The van der Waals surface area contributed by atoms with Gasteiger partial charge in [-0.1, -0.05) is 36.5 Å². The van der Waals surface area contributed by atoms with E-state index < -0.39 is 16.5 Å². The minimum absolute atomic E-state index is 0.280. The quantitative estimate of drug-likeness (QED) is 0.872. The molecule has 0 aliphatic rings. The van der Waals surface area contributed by atoms with E-state index in [4.69, 9.17) is 24.6 Å². The van der Waals surface area contributed by atoms with Crippen molar-refractivity contribution in [1.82, 2.24) is 0 Å². The van der Waals surface area contributed by atoms with Gasteiger partial charge in [-0.2, -0.15) is 0 Å². The number of aliphatic hydroxyl groups is 1. The molecule has 0 amide bonds. The lowest BCUT2D eigenvalue weighted by atomic mass is 10.2. The molecule has 0 aliphatic heterocycles. The number of thiophene rings is 1. The normalized spacial score (nSPS) is 15.9. The molecule has 0 saturated heterocycles. The maximum atomic E-state index is 11.9. The molecule has 1 N–H and O–H groups in total. The van der Waals surface area contributed by atoms with Crippen molar-refractivity contribution in [2.45, 2.75) is 32.1 Å². The molecule has 0 saturated carbocycles. The fourth-order valence-corrected chi connectivity index (χ4v) is 4.17. The molecular weight excluding hydrogens is 287 g/mol. The lowest BCUT2D eigenvalue weighted by Crippen LogP contribution is -2.02. The largest absolute Gasteiger partial charge is 0.392 e. The van der Waals surface area contributed by atoms with Gasteiger partial charge in [0.1, 0.15) is 4.34 Å². The van der Waals surface area contributed by atoms with Gasteiger partial charge in [0.2, 0.25) is 0 Å². The van der Waals surface area contributed by atoms with Gasteiger partial charge < -0.3 is 5.11 Å². The van der Waals surface area contributed by atoms with Crippen LogP contribution in [0.1, 0.15) is 32.3 Å². The van der Waals surface area contributed by atoms with Crippen molar-refractivity contribution in [3.05, 3.63) is 19.8 Å². The molecule has 92 valence electrons. The molecule has 1 aromatic rings. The predicted octanol–water partition coefficient (Wildman–Crippen LogP) is 3.60. The first-order chi connectivity index (χ1) is 8.02. The van der Waals surface area contributed by atoms with Crippen molar-refractivity contribution >= 4 is 45.3 Å². The Labute approximate surface area is 113 Å². The Morgan fingerprint density at radius 3 is 2.62 bits per heavy atom. The highest BCUT2D eigenvalue weighted by molar-refractivity contribution is 7.84. The summed E-state index contributed by atoms with van der Waals surface area (Å²) in [6.07, 6.45) is 1.75. The Hall–Kier alpha value is 0.390. The highest BCUT2D eigenvalue weighted by Gasteiger charge is 2.16. The molecule has 1 rings (SSSR count). The van der Waals surface area contributed by atoms with E-state index in [9.17, 15) is 9.32 Å². The molecule has 0 spiro atoms. The predicted molar refractivity (Wildman–Crippen MR) is 71.9 cm³/mol. The van der Waals surface area contributed by atoms with E-state index in [1.54, 1.807) is 0 Å². The van der Waals surface area contributed by atoms with Gasteiger partial charge in [0, 0.05) is 29.1 Å². The smallest absolute Gasteiger partial charge is 0.100 e. The second-order valence-corrected chi connectivity index (χ2v) is 6.89. The Balaban J connectivity index is 2.95. The monoisotopic (exact) mass is 301 g/mol. The summed E-state index contributed by atoms with van der Waals surface area (Å²) in [6.45, 7) is 1.72. The second-order valence-electron chi connectivity index (χ2n) is 3.26. The van der Waals surface area contributed by atoms with Crippen LogP contribution < -0.4 is 0 Å². The first kappa shape index (κ1) is 12.8. The van der Waals surface area contributed by atoms with Gasteiger partial charge in [-0.15, -0.1) is 11.3 Å². The molecule has 2 nitrogen and oxygen atoms in total. The fourth-order valence-electron chi connectivity index (χ4n) is 1.16. The summed E-state index contributed by atoms with van der Waals surface area (Å²) < 4.78 is 20.5. The summed E-state index contributed by atoms with van der Waals surface area (Å²) in [4.78, 5) is 0. The highest BCUT2D eigenvalue weighted by Crippen LogP contribution is 2.37. The summed E-state index contributed by atoms with van der Waals surface area (Å²) in [7, 11) is -1.31. The summed E-state index contributed by atoms with van der Waals surface area (Å²) in [5.74, 6) is 0.472. The number of hydrogen-bond acceptors (Lipinski definition) is 3. The average molecular weight is 302 g/mol. The van der Waals surface area contributed by atoms with Crippen molar-refractivity contribution in [3.8, 4) is 0 Å². The maximum absolute atomic E-state index is 11.9.